The fourth-order valence-electron chi connectivity index (χ4n) is 3.66. The third-order valence-electron chi connectivity index (χ3n) is 5.84. The summed E-state index contributed by atoms with van der Waals surface area (Å²) in [4.78, 5) is 24.4. The maximum absolute atomic E-state index is 13.3. The van der Waals surface area contributed by atoms with Gasteiger partial charge in [-0.25, -0.2) is 13.4 Å². The van der Waals surface area contributed by atoms with Gasteiger partial charge in [-0.3, -0.25) is 14.7 Å². The van der Waals surface area contributed by atoms with Crippen LogP contribution in [0.4, 0.5) is 5.13 Å². The van der Waals surface area contributed by atoms with Crippen LogP contribution >= 0.6 is 11.3 Å². The fourth-order valence-corrected chi connectivity index (χ4v) is 6.01. The maximum Gasteiger partial charge on any atom is 0.229 e. The molecule has 0 atom stereocenters. The van der Waals surface area contributed by atoms with Crippen molar-refractivity contribution in [3.05, 3.63) is 83.2 Å². The first kappa shape index (κ1) is 24.0. The van der Waals surface area contributed by atoms with Crippen LogP contribution in [-0.4, -0.2) is 30.0 Å². The van der Waals surface area contributed by atoms with Crippen LogP contribution < -0.4 is 4.90 Å². The molecule has 0 aliphatic heterocycles. The van der Waals surface area contributed by atoms with E-state index in [0.29, 0.717) is 5.13 Å². The SMILES string of the molecule is Cc1ccc(S(=O)(=O)CCCC(=O)N(Cc2ccccn2)c2nc3c(C)c(C)ccc3s2)cc1. The number of fused-ring (bicyclic) bond motifs is 1. The highest BCUT2D eigenvalue weighted by atomic mass is 32.2. The zero-order valence-electron chi connectivity index (χ0n) is 19.5. The third kappa shape index (κ3) is 5.34. The summed E-state index contributed by atoms with van der Waals surface area (Å²) in [6.07, 6.45) is 2.03. The minimum Gasteiger partial charge on any atom is -0.282 e. The van der Waals surface area contributed by atoms with E-state index in [1.165, 1.54) is 11.3 Å². The Bertz CT molecular complexity index is 1410. The Hall–Kier alpha value is -3.10. The molecule has 0 bridgehead atoms. The van der Waals surface area contributed by atoms with Crippen molar-refractivity contribution in [3.8, 4) is 0 Å². The molecule has 0 spiro atoms. The number of anilines is 1. The molecule has 0 unspecified atom stereocenters. The first-order valence-corrected chi connectivity index (χ1v) is 13.6. The summed E-state index contributed by atoms with van der Waals surface area (Å²) in [5.74, 6) is -0.254. The van der Waals surface area contributed by atoms with E-state index in [4.69, 9.17) is 4.98 Å². The summed E-state index contributed by atoms with van der Waals surface area (Å²) < 4.78 is 26.4. The summed E-state index contributed by atoms with van der Waals surface area (Å²) in [5.41, 5.74) is 4.87. The average Bonchev–Trinajstić information content (AvgIpc) is 3.25. The van der Waals surface area contributed by atoms with Crippen molar-refractivity contribution in [1.82, 2.24) is 9.97 Å². The molecular weight excluding hydrogens is 466 g/mol. The van der Waals surface area contributed by atoms with Crippen LogP contribution in [0.5, 0.6) is 0 Å². The number of rotatable bonds is 8. The first-order valence-electron chi connectivity index (χ1n) is 11.1. The van der Waals surface area contributed by atoms with Gasteiger partial charge in [0, 0.05) is 12.6 Å². The number of benzene rings is 2. The predicted molar refractivity (Wildman–Crippen MR) is 137 cm³/mol. The number of carbonyl (C=O) groups excluding carboxylic acids is 1. The Balaban J connectivity index is 1.55. The van der Waals surface area contributed by atoms with Crippen molar-refractivity contribution in [2.45, 2.75) is 45.1 Å². The Kier molecular flexibility index (Phi) is 7.09. The largest absolute Gasteiger partial charge is 0.282 e. The summed E-state index contributed by atoms with van der Waals surface area (Å²) in [5, 5.41) is 0.598. The highest BCUT2D eigenvalue weighted by Crippen LogP contribution is 2.33. The summed E-state index contributed by atoms with van der Waals surface area (Å²) in [6, 6.07) is 16.5. The number of nitrogens with zero attached hydrogens (tertiary/aromatic N) is 3. The monoisotopic (exact) mass is 493 g/mol. The number of pyridine rings is 1. The van der Waals surface area contributed by atoms with Gasteiger partial charge in [0.25, 0.3) is 0 Å². The molecule has 0 N–H and O–H groups in total. The van der Waals surface area contributed by atoms with E-state index in [2.05, 4.69) is 11.1 Å². The quantitative estimate of drug-likeness (QED) is 0.328. The lowest BCUT2D eigenvalue weighted by Gasteiger charge is -2.19. The number of hydrogen-bond acceptors (Lipinski definition) is 6. The molecule has 2 heterocycles. The molecule has 4 aromatic rings. The lowest BCUT2D eigenvalue weighted by atomic mass is 10.1. The lowest BCUT2D eigenvalue weighted by molar-refractivity contribution is -0.118. The number of aromatic nitrogens is 2. The smallest absolute Gasteiger partial charge is 0.229 e. The average molecular weight is 494 g/mol. The molecule has 8 heteroatoms. The molecular formula is C26H27N3O3S2. The summed E-state index contributed by atoms with van der Waals surface area (Å²) in [7, 11) is -3.45. The van der Waals surface area contributed by atoms with Gasteiger partial charge in [0.05, 0.1) is 33.1 Å². The summed E-state index contributed by atoms with van der Waals surface area (Å²) >= 11 is 1.46. The van der Waals surface area contributed by atoms with Gasteiger partial charge in [0.1, 0.15) is 0 Å². The molecule has 2 aromatic heterocycles. The molecule has 0 radical (unpaired) electrons. The van der Waals surface area contributed by atoms with Gasteiger partial charge >= 0.3 is 0 Å². The van der Waals surface area contributed by atoms with Crippen LogP contribution in [0.15, 0.2) is 65.7 Å². The van der Waals surface area contributed by atoms with E-state index in [-0.39, 0.29) is 35.9 Å². The van der Waals surface area contributed by atoms with Gasteiger partial charge in [-0.15, -0.1) is 0 Å². The fraction of sp³-hybridized carbons (Fsp3) is 0.269. The number of sulfone groups is 1. The lowest BCUT2D eigenvalue weighted by Crippen LogP contribution is -2.30. The van der Waals surface area contributed by atoms with Gasteiger partial charge in [0.15, 0.2) is 15.0 Å². The number of hydrogen-bond donors (Lipinski definition) is 0. The van der Waals surface area contributed by atoms with E-state index in [0.717, 1.165) is 32.6 Å². The molecule has 1 amide bonds. The van der Waals surface area contributed by atoms with Crippen LogP contribution in [0.25, 0.3) is 10.2 Å². The van der Waals surface area contributed by atoms with Gasteiger partial charge in [0.2, 0.25) is 5.91 Å². The second kappa shape index (κ2) is 10.0. The number of carbonyl (C=O) groups is 1. The normalized spacial score (nSPS) is 11.6. The summed E-state index contributed by atoms with van der Waals surface area (Å²) in [6.45, 7) is 6.26. The van der Waals surface area contributed by atoms with Gasteiger partial charge in [-0.1, -0.05) is 41.2 Å². The Morgan fingerprint density at radius 1 is 1.00 bits per heavy atom. The number of aryl methyl sites for hydroxylation is 3. The van der Waals surface area contributed by atoms with E-state index in [1.54, 1.807) is 35.4 Å². The van der Waals surface area contributed by atoms with Crippen molar-refractivity contribution in [2.24, 2.45) is 0 Å². The highest BCUT2D eigenvalue weighted by Gasteiger charge is 2.23. The predicted octanol–water partition coefficient (Wildman–Crippen LogP) is 5.40. The molecule has 0 saturated carbocycles. The van der Waals surface area contributed by atoms with Crippen LogP contribution in [0.2, 0.25) is 0 Å². The maximum atomic E-state index is 13.3. The van der Waals surface area contributed by atoms with Crippen molar-refractivity contribution >= 4 is 42.4 Å². The van der Waals surface area contributed by atoms with Crippen molar-refractivity contribution in [3.63, 3.8) is 0 Å². The van der Waals surface area contributed by atoms with E-state index in [1.807, 2.05) is 45.0 Å². The molecule has 34 heavy (non-hydrogen) atoms. The molecule has 176 valence electrons. The van der Waals surface area contributed by atoms with Gasteiger partial charge in [-0.05, 0) is 68.7 Å². The Morgan fingerprint density at radius 3 is 2.47 bits per heavy atom. The van der Waals surface area contributed by atoms with Gasteiger partial charge < -0.3 is 0 Å². The molecule has 0 fully saturated rings. The molecule has 0 saturated heterocycles. The van der Waals surface area contributed by atoms with E-state index < -0.39 is 9.84 Å². The number of thiazole rings is 1. The van der Waals surface area contributed by atoms with Crippen LogP contribution in [-0.2, 0) is 21.2 Å². The molecule has 0 aliphatic carbocycles. The minimum absolute atomic E-state index is 0.0859. The van der Waals surface area contributed by atoms with E-state index >= 15 is 0 Å². The van der Waals surface area contributed by atoms with Crippen molar-refractivity contribution < 1.29 is 13.2 Å². The standard InChI is InChI=1S/C26H27N3O3S2/c1-18-9-12-22(13-10-18)34(31,32)16-6-8-24(30)29(17-21-7-4-5-15-27-21)26-28-25-20(3)19(2)11-14-23(25)33-26/h4-5,7,9-15H,6,8,16-17H2,1-3H3. The third-order valence-corrected chi connectivity index (χ3v) is 8.70. The molecule has 0 aliphatic rings. The zero-order chi connectivity index (χ0) is 24.3. The zero-order valence-corrected chi connectivity index (χ0v) is 21.1. The second-order valence-electron chi connectivity index (χ2n) is 8.39. The van der Waals surface area contributed by atoms with Gasteiger partial charge in [-0.2, -0.15) is 0 Å². The topological polar surface area (TPSA) is 80.2 Å². The van der Waals surface area contributed by atoms with E-state index in [9.17, 15) is 13.2 Å². The number of amides is 1. The van der Waals surface area contributed by atoms with Crippen LogP contribution in [0, 0.1) is 20.8 Å². The Morgan fingerprint density at radius 2 is 1.76 bits per heavy atom. The first-order chi connectivity index (χ1) is 16.2. The van der Waals surface area contributed by atoms with Crippen LogP contribution in [0.1, 0.15) is 35.2 Å². The van der Waals surface area contributed by atoms with Crippen molar-refractivity contribution in [1.29, 1.82) is 0 Å². The van der Waals surface area contributed by atoms with Crippen molar-refractivity contribution in [2.75, 3.05) is 10.7 Å². The van der Waals surface area contributed by atoms with Crippen LogP contribution in [0.3, 0.4) is 0 Å². The molecule has 2 aromatic carbocycles. The highest BCUT2D eigenvalue weighted by molar-refractivity contribution is 7.91. The molecule has 6 nitrogen and oxygen atoms in total. The Labute approximate surface area is 204 Å². The molecule has 4 rings (SSSR count). The minimum atomic E-state index is -3.45. The second-order valence-corrected chi connectivity index (χ2v) is 11.5.